The van der Waals surface area contributed by atoms with Gasteiger partial charge in [-0.3, -0.25) is 14.6 Å². The van der Waals surface area contributed by atoms with Gasteiger partial charge in [0, 0.05) is 43.1 Å². The van der Waals surface area contributed by atoms with Gasteiger partial charge in [0.05, 0.1) is 0 Å². The van der Waals surface area contributed by atoms with Gasteiger partial charge in [-0.25, -0.2) is 9.78 Å². The summed E-state index contributed by atoms with van der Waals surface area (Å²) < 4.78 is 5.19. The maximum Gasteiger partial charge on any atom is 0.408 e. The number of carbonyl (C=O) groups excluding carboxylic acids is 3. The van der Waals surface area contributed by atoms with E-state index in [0.717, 1.165) is 18.4 Å². The molecule has 0 aliphatic rings. The molecule has 0 aliphatic carbocycles. The zero-order valence-electron chi connectivity index (χ0n) is 24.1. The summed E-state index contributed by atoms with van der Waals surface area (Å²) in [4.78, 5) is 50.6. The molecule has 5 N–H and O–H groups in total. The van der Waals surface area contributed by atoms with Crippen LogP contribution >= 0.6 is 0 Å². The SMILES string of the molecule is CCCNc1nc(NCCc2ccncc2)ncc1C(=O)Nc1cccc(NC(=O)[C@H](C)NC(=O)OC(C)(C)C)c1. The minimum absolute atomic E-state index is 0.280. The Kier molecular flexibility index (Phi) is 11.0. The van der Waals surface area contributed by atoms with E-state index in [1.165, 1.54) is 6.20 Å². The van der Waals surface area contributed by atoms with Crippen molar-refractivity contribution in [3.05, 3.63) is 66.1 Å². The minimum atomic E-state index is -0.843. The van der Waals surface area contributed by atoms with Crippen molar-refractivity contribution in [2.45, 2.75) is 59.1 Å². The van der Waals surface area contributed by atoms with Gasteiger partial charge in [0.25, 0.3) is 5.91 Å². The van der Waals surface area contributed by atoms with Crippen molar-refractivity contribution in [2.75, 3.05) is 34.4 Å². The average Bonchev–Trinajstić information content (AvgIpc) is 2.91. The molecular weight excluding hydrogens is 524 g/mol. The maximum absolute atomic E-state index is 13.2. The van der Waals surface area contributed by atoms with Crippen molar-refractivity contribution in [1.82, 2.24) is 20.3 Å². The second kappa shape index (κ2) is 14.6. The average molecular weight is 563 g/mol. The summed E-state index contributed by atoms with van der Waals surface area (Å²) in [5.41, 5.74) is 1.64. The van der Waals surface area contributed by atoms with Crippen molar-refractivity contribution < 1.29 is 19.1 Å². The van der Waals surface area contributed by atoms with E-state index in [-0.39, 0.29) is 5.56 Å². The second-order valence-electron chi connectivity index (χ2n) is 10.3. The van der Waals surface area contributed by atoms with E-state index in [0.29, 0.717) is 36.2 Å². The summed E-state index contributed by atoms with van der Waals surface area (Å²) >= 11 is 0. The smallest absolute Gasteiger partial charge is 0.408 e. The number of anilines is 4. The van der Waals surface area contributed by atoms with E-state index in [2.05, 4.69) is 41.5 Å². The maximum atomic E-state index is 13.2. The first kappa shape index (κ1) is 30.8. The van der Waals surface area contributed by atoms with Crippen molar-refractivity contribution in [2.24, 2.45) is 0 Å². The van der Waals surface area contributed by atoms with Gasteiger partial charge in [0.2, 0.25) is 11.9 Å². The summed E-state index contributed by atoms with van der Waals surface area (Å²) in [6.45, 7) is 10.0. The minimum Gasteiger partial charge on any atom is -0.444 e. The Morgan fingerprint density at radius 1 is 0.976 bits per heavy atom. The molecule has 1 aromatic carbocycles. The summed E-state index contributed by atoms with van der Waals surface area (Å²) in [5.74, 6) is -0.0218. The fourth-order valence-corrected chi connectivity index (χ4v) is 3.55. The highest BCUT2D eigenvalue weighted by Gasteiger charge is 2.21. The Hall–Kier alpha value is -4.74. The summed E-state index contributed by atoms with van der Waals surface area (Å²) in [5, 5.41) is 14.5. The molecule has 3 aromatic rings. The molecule has 41 heavy (non-hydrogen) atoms. The van der Waals surface area contributed by atoms with Crippen LogP contribution < -0.4 is 26.6 Å². The molecule has 0 aliphatic heterocycles. The number of hydrogen-bond donors (Lipinski definition) is 5. The normalized spacial score (nSPS) is 11.6. The lowest BCUT2D eigenvalue weighted by Gasteiger charge is -2.21. The van der Waals surface area contributed by atoms with Gasteiger partial charge >= 0.3 is 6.09 Å². The molecule has 0 fully saturated rings. The molecule has 0 saturated heterocycles. The lowest BCUT2D eigenvalue weighted by atomic mass is 10.2. The molecule has 0 spiro atoms. The molecular formula is C29H38N8O4. The van der Waals surface area contributed by atoms with E-state index in [9.17, 15) is 14.4 Å². The van der Waals surface area contributed by atoms with Crippen LogP contribution in [0.1, 0.15) is 57.0 Å². The Morgan fingerprint density at radius 3 is 2.37 bits per heavy atom. The van der Waals surface area contributed by atoms with Crippen LogP contribution in [0.2, 0.25) is 0 Å². The number of carbonyl (C=O) groups is 3. The zero-order chi connectivity index (χ0) is 29.8. The summed E-state index contributed by atoms with van der Waals surface area (Å²) in [6, 6.07) is 9.75. The molecule has 3 rings (SSSR count). The fraction of sp³-hybridized carbons (Fsp3) is 0.379. The number of nitrogens with zero attached hydrogens (tertiary/aromatic N) is 3. The predicted octanol–water partition coefficient (Wildman–Crippen LogP) is 4.45. The van der Waals surface area contributed by atoms with Crippen LogP contribution in [0.15, 0.2) is 55.0 Å². The van der Waals surface area contributed by atoms with Gasteiger partial charge in [-0.2, -0.15) is 4.98 Å². The summed E-state index contributed by atoms with van der Waals surface area (Å²) in [7, 11) is 0. The number of ether oxygens (including phenoxy) is 1. The fourth-order valence-electron chi connectivity index (χ4n) is 3.55. The first-order valence-electron chi connectivity index (χ1n) is 13.5. The van der Waals surface area contributed by atoms with Crippen molar-refractivity contribution >= 4 is 41.0 Å². The second-order valence-corrected chi connectivity index (χ2v) is 10.3. The van der Waals surface area contributed by atoms with E-state index >= 15 is 0 Å². The standard InChI is InChI=1S/C29H38N8O4/c1-6-13-31-24-23(18-33-27(37-24)32-16-12-20-10-14-30-15-11-20)26(39)36-22-9-7-8-21(17-22)35-25(38)19(2)34-28(40)41-29(3,4)5/h7-11,14-15,17-19H,6,12-13,16H2,1-5H3,(H,34,40)(H,35,38)(H,36,39)(H2,31,32,33,37)/t19-/m0/s1. The first-order valence-corrected chi connectivity index (χ1v) is 13.5. The predicted molar refractivity (Wildman–Crippen MR) is 159 cm³/mol. The van der Waals surface area contributed by atoms with Crippen LogP contribution in [-0.2, 0) is 16.0 Å². The molecule has 2 aromatic heterocycles. The van der Waals surface area contributed by atoms with Crippen LogP contribution in [0.5, 0.6) is 0 Å². The monoisotopic (exact) mass is 562 g/mol. The van der Waals surface area contributed by atoms with E-state index in [4.69, 9.17) is 4.74 Å². The molecule has 0 unspecified atom stereocenters. The Balaban J connectivity index is 1.63. The molecule has 3 amide bonds. The highest BCUT2D eigenvalue weighted by atomic mass is 16.6. The highest BCUT2D eigenvalue weighted by molar-refractivity contribution is 6.07. The Labute approximate surface area is 240 Å². The Bertz CT molecular complexity index is 1330. The number of benzene rings is 1. The van der Waals surface area contributed by atoms with Crippen LogP contribution in [-0.4, -0.2) is 57.6 Å². The highest BCUT2D eigenvalue weighted by Crippen LogP contribution is 2.20. The third kappa shape index (κ3) is 10.4. The number of pyridine rings is 1. The van der Waals surface area contributed by atoms with Gasteiger partial charge in [-0.05, 0) is 76.4 Å². The largest absolute Gasteiger partial charge is 0.444 e. The van der Waals surface area contributed by atoms with E-state index in [1.54, 1.807) is 64.4 Å². The number of hydrogen-bond acceptors (Lipinski definition) is 9. The molecule has 0 saturated carbocycles. The van der Waals surface area contributed by atoms with E-state index in [1.807, 2.05) is 19.1 Å². The number of rotatable bonds is 12. The van der Waals surface area contributed by atoms with Gasteiger partial charge < -0.3 is 31.3 Å². The molecule has 0 radical (unpaired) electrons. The van der Waals surface area contributed by atoms with Crippen LogP contribution in [0, 0.1) is 0 Å². The summed E-state index contributed by atoms with van der Waals surface area (Å²) in [6.07, 6.45) is 5.91. The van der Waals surface area contributed by atoms with Gasteiger partial charge in [0.15, 0.2) is 0 Å². The van der Waals surface area contributed by atoms with Crippen LogP contribution in [0.25, 0.3) is 0 Å². The molecule has 0 bridgehead atoms. The Morgan fingerprint density at radius 2 is 1.68 bits per heavy atom. The quantitative estimate of drug-likeness (QED) is 0.215. The van der Waals surface area contributed by atoms with Crippen LogP contribution in [0.3, 0.4) is 0 Å². The third-order valence-corrected chi connectivity index (χ3v) is 5.54. The lowest BCUT2D eigenvalue weighted by Crippen LogP contribution is -2.43. The van der Waals surface area contributed by atoms with Gasteiger partial charge in [0.1, 0.15) is 23.0 Å². The molecule has 218 valence electrons. The van der Waals surface area contributed by atoms with Crippen molar-refractivity contribution in [3.8, 4) is 0 Å². The van der Waals surface area contributed by atoms with Crippen molar-refractivity contribution in [3.63, 3.8) is 0 Å². The lowest BCUT2D eigenvalue weighted by molar-refractivity contribution is -0.117. The third-order valence-electron chi connectivity index (χ3n) is 5.54. The number of amides is 3. The number of alkyl carbamates (subject to hydrolysis) is 1. The zero-order valence-corrected chi connectivity index (χ0v) is 24.1. The number of aromatic nitrogens is 3. The molecule has 2 heterocycles. The van der Waals surface area contributed by atoms with Crippen LogP contribution in [0.4, 0.5) is 27.9 Å². The first-order chi connectivity index (χ1) is 19.5. The van der Waals surface area contributed by atoms with Gasteiger partial charge in [-0.15, -0.1) is 0 Å². The molecule has 12 heteroatoms. The number of nitrogens with one attached hydrogen (secondary N) is 5. The van der Waals surface area contributed by atoms with Crippen molar-refractivity contribution in [1.29, 1.82) is 0 Å². The van der Waals surface area contributed by atoms with Gasteiger partial charge in [-0.1, -0.05) is 13.0 Å². The van der Waals surface area contributed by atoms with E-state index < -0.39 is 29.6 Å². The molecule has 1 atom stereocenters. The topological polar surface area (TPSA) is 159 Å². The molecule has 12 nitrogen and oxygen atoms in total.